The predicted molar refractivity (Wildman–Crippen MR) is 135 cm³/mol. The van der Waals surface area contributed by atoms with Gasteiger partial charge in [-0.15, -0.1) is 0 Å². The van der Waals surface area contributed by atoms with Crippen LogP contribution in [0, 0.1) is 6.92 Å². The normalized spacial score (nSPS) is 15.9. The number of fused-ring (bicyclic) bond motifs is 1. The van der Waals surface area contributed by atoms with Crippen molar-refractivity contribution in [1.82, 2.24) is 5.48 Å². The van der Waals surface area contributed by atoms with Gasteiger partial charge in [0.15, 0.2) is 5.78 Å². The van der Waals surface area contributed by atoms with Gasteiger partial charge in [0.1, 0.15) is 0 Å². The van der Waals surface area contributed by atoms with Crippen LogP contribution in [0.4, 0.5) is 0 Å². The summed E-state index contributed by atoms with van der Waals surface area (Å²) in [6.45, 7) is 11.4. The Hall–Kier alpha value is -3.24. The number of hydrogen-bond donors (Lipinski definition) is 1. The Balaban J connectivity index is 1.50. The molecule has 0 fully saturated rings. The van der Waals surface area contributed by atoms with Gasteiger partial charge in [0, 0.05) is 16.7 Å². The first-order valence-corrected chi connectivity index (χ1v) is 11.8. The molecule has 1 N–H and O–H groups in total. The van der Waals surface area contributed by atoms with Gasteiger partial charge in [0.2, 0.25) is 0 Å². The van der Waals surface area contributed by atoms with Crippen LogP contribution in [-0.4, -0.2) is 11.7 Å². The maximum Gasteiger partial charge on any atom is 0.274 e. The summed E-state index contributed by atoms with van der Waals surface area (Å²) < 4.78 is 0. The first kappa shape index (κ1) is 23.9. The molecule has 34 heavy (non-hydrogen) atoms. The van der Waals surface area contributed by atoms with Gasteiger partial charge >= 0.3 is 0 Å². The number of aryl methyl sites for hydroxylation is 1. The van der Waals surface area contributed by atoms with Gasteiger partial charge in [0.25, 0.3) is 5.91 Å². The second kappa shape index (κ2) is 9.19. The molecule has 0 saturated carbocycles. The molecule has 1 aliphatic carbocycles. The highest BCUT2D eigenvalue weighted by Gasteiger charge is 2.37. The van der Waals surface area contributed by atoms with E-state index in [4.69, 9.17) is 4.84 Å². The van der Waals surface area contributed by atoms with Crippen molar-refractivity contribution in [2.45, 2.75) is 64.9 Å². The molecule has 176 valence electrons. The summed E-state index contributed by atoms with van der Waals surface area (Å²) in [4.78, 5) is 31.1. The standard InChI is InChI=1S/C30H33NO3/c1-20-17-25-26(30(4,5)16-15-29(25,2)3)18-24(20)27(32)22-11-13-23(14-12-22)28(33)31-34-19-21-9-7-6-8-10-21/h6-14,17-18H,15-16,19H2,1-5H3,(H,31,33). The van der Waals surface area contributed by atoms with Gasteiger partial charge in [-0.05, 0) is 71.0 Å². The Kier molecular flexibility index (Phi) is 6.46. The SMILES string of the molecule is Cc1cc2c(cc1C(=O)c1ccc(C(=O)NOCc3ccccc3)cc1)C(C)(C)CCC2(C)C. The maximum absolute atomic E-state index is 13.4. The maximum atomic E-state index is 13.4. The van der Waals surface area contributed by atoms with Crippen LogP contribution in [0.3, 0.4) is 0 Å². The minimum atomic E-state index is -0.344. The molecule has 0 aromatic heterocycles. The summed E-state index contributed by atoms with van der Waals surface area (Å²) in [5.74, 6) is -0.365. The lowest BCUT2D eigenvalue weighted by Gasteiger charge is -2.42. The monoisotopic (exact) mass is 455 g/mol. The average Bonchev–Trinajstić information content (AvgIpc) is 2.82. The van der Waals surface area contributed by atoms with Crippen molar-refractivity contribution in [2.24, 2.45) is 0 Å². The van der Waals surface area contributed by atoms with Gasteiger partial charge in [-0.25, -0.2) is 5.48 Å². The molecule has 0 radical (unpaired) electrons. The number of carbonyl (C=O) groups is 2. The van der Waals surface area contributed by atoms with E-state index in [-0.39, 0.29) is 29.1 Å². The van der Waals surface area contributed by atoms with Crippen LogP contribution in [0.15, 0.2) is 66.7 Å². The largest absolute Gasteiger partial charge is 0.289 e. The Labute approximate surface area is 202 Å². The topological polar surface area (TPSA) is 55.4 Å². The zero-order chi connectivity index (χ0) is 24.5. The van der Waals surface area contributed by atoms with Gasteiger partial charge in [-0.1, -0.05) is 76.2 Å². The number of amides is 1. The summed E-state index contributed by atoms with van der Waals surface area (Å²) in [6.07, 6.45) is 2.23. The molecule has 4 heteroatoms. The quantitative estimate of drug-likeness (QED) is 0.344. The summed E-state index contributed by atoms with van der Waals surface area (Å²) >= 11 is 0. The summed E-state index contributed by atoms with van der Waals surface area (Å²) in [5, 5.41) is 0. The Bertz CT molecular complexity index is 1210. The van der Waals surface area contributed by atoms with E-state index in [1.54, 1.807) is 24.3 Å². The van der Waals surface area contributed by atoms with E-state index in [9.17, 15) is 9.59 Å². The molecule has 3 aromatic rings. The first-order valence-electron chi connectivity index (χ1n) is 11.8. The minimum Gasteiger partial charge on any atom is -0.289 e. The summed E-state index contributed by atoms with van der Waals surface area (Å²) in [5.41, 5.74) is 8.92. The highest BCUT2D eigenvalue weighted by molar-refractivity contribution is 6.10. The summed E-state index contributed by atoms with van der Waals surface area (Å²) in [6, 6.07) is 20.7. The second-order valence-electron chi connectivity index (χ2n) is 10.6. The molecule has 0 atom stereocenters. The van der Waals surface area contributed by atoms with Crippen LogP contribution in [0.1, 0.15) is 89.1 Å². The van der Waals surface area contributed by atoms with Gasteiger partial charge < -0.3 is 0 Å². The van der Waals surface area contributed by atoms with Crippen LogP contribution in [0.5, 0.6) is 0 Å². The Morgan fingerprint density at radius 1 is 0.824 bits per heavy atom. The number of hydroxylamine groups is 1. The number of carbonyl (C=O) groups excluding carboxylic acids is 2. The van der Waals surface area contributed by atoms with Crippen molar-refractivity contribution >= 4 is 11.7 Å². The lowest BCUT2D eigenvalue weighted by atomic mass is 9.62. The van der Waals surface area contributed by atoms with Gasteiger partial charge in [-0.2, -0.15) is 0 Å². The molecule has 1 amide bonds. The van der Waals surface area contributed by atoms with Crippen LogP contribution in [0.25, 0.3) is 0 Å². The molecular weight excluding hydrogens is 422 g/mol. The molecule has 0 saturated heterocycles. The second-order valence-corrected chi connectivity index (χ2v) is 10.6. The molecule has 3 aromatic carbocycles. The number of nitrogens with one attached hydrogen (secondary N) is 1. The van der Waals surface area contributed by atoms with E-state index in [1.165, 1.54) is 11.1 Å². The fourth-order valence-corrected chi connectivity index (χ4v) is 4.71. The molecule has 0 unspecified atom stereocenters. The third-order valence-corrected chi connectivity index (χ3v) is 7.10. The van der Waals surface area contributed by atoms with Crippen molar-refractivity contribution < 1.29 is 14.4 Å². The van der Waals surface area contributed by atoms with E-state index < -0.39 is 0 Å². The van der Waals surface area contributed by atoms with Crippen molar-refractivity contribution in [3.63, 3.8) is 0 Å². The zero-order valence-electron chi connectivity index (χ0n) is 20.7. The van der Waals surface area contributed by atoms with Crippen LogP contribution < -0.4 is 5.48 Å². The molecule has 0 spiro atoms. The molecule has 1 aliphatic rings. The highest BCUT2D eigenvalue weighted by atomic mass is 16.6. The third-order valence-electron chi connectivity index (χ3n) is 7.10. The van der Waals surface area contributed by atoms with Crippen molar-refractivity contribution in [1.29, 1.82) is 0 Å². The van der Waals surface area contributed by atoms with E-state index >= 15 is 0 Å². The number of ketones is 1. The lowest BCUT2D eigenvalue weighted by molar-refractivity contribution is 0.0233. The zero-order valence-corrected chi connectivity index (χ0v) is 20.7. The fraction of sp³-hybridized carbons (Fsp3) is 0.333. The number of rotatable bonds is 6. The fourth-order valence-electron chi connectivity index (χ4n) is 4.71. The third kappa shape index (κ3) is 4.83. The van der Waals surface area contributed by atoms with E-state index in [1.807, 2.05) is 37.3 Å². The summed E-state index contributed by atoms with van der Waals surface area (Å²) in [7, 11) is 0. The van der Waals surface area contributed by atoms with Crippen LogP contribution in [0.2, 0.25) is 0 Å². The Morgan fingerprint density at radius 2 is 1.38 bits per heavy atom. The molecule has 4 rings (SSSR count). The van der Waals surface area contributed by atoms with E-state index in [0.29, 0.717) is 11.1 Å². The molecule has 0 heterocycles. The van der Waals surface area contributed by atoms with Crippen LogP contribution in [-0.2, 0) is 22.3 Å². The highest BCUT2D eigenvalue weighted by Crippen LogP contribution is 2.46. The molecule has 0 aliphatic heterocycles. The van der Waals surface area contributed by atoms with E-state index in [2.05, 4.69) is 45.3 Å². The lowest BCUT2D eigenvalue weighted by Crippen LogP contribution is -2.34. The number of benzene rings is 3. The van der Waals surface area contributed by atoms with Crippen molar-refractivity contribution in [3.05, 3.63) is 106 Å². The minimum absolute atomic E-state index is 0.0215. The first-order chi connectivity index (χ1) is 16.1. The van der Waals surface area contributed by atoms with Gasteiger partial charge in [0.05, 0.1) is 6.61 Å². The molecule has 4 nitrogen and oxygen atoms in total. The molecule has 0 bridgehead atoms. The van der Waals surface area contributed by atoms with Crippen LogP contribution >= 0.6 is 0 Å². The van der Waals surface area contributed by atoms with E-state index in [0.717, 1.165) is 29.5 Å². The van der Waals surface area contributed by atoms with Crippen molar-refractivity contribution in [3.8, 4) is 0 Å². The van der Waals surface area contributed by atoms with Crippen molar-refractivity contribution in [2.75, 3.05) is 0 Å². The predicted octanol–water partition coefficient (Wildman–Crippen LogP) is 6.44. The van der Waals surface area contributed by atoms with Gasteiger partial charge in [-0.3, -0.25) is 14.4 Å². The Morgan fingerprint density at radius 3 is 2.00 bits per heavy atom. The average molecular weight is 456 g/mol. The molecular formula is C30H33NO3. The number of hydrogen-bond acceptors (Lipinski definition) is 3. The smallest absolute Gasteiger partial charge is 0.274 e.